The number of aromatic nitrogens is 1. The van der Waals surface area contributed by atoms with Gasteiger partial charge >= 0.3 is 0 Å². The van der Waals surface area contributed by atoms with Crippen molar-refractivity contribution in [2.24, 2.45) is 5.92 Å². The fourth-order valence-electron chi connectivity index (χ4n) is 6.07. The van der Waals surface area contributed by atoms with Crippen molar-refractivity contribution in [3.63, 3.8) is 0 Å². The van der Waals surface area contributed by atoms with Crippen molar-refractivity contribution in [3.8, 4) is 0 Å². The second-order valence-corrected chi connectivity index (χ2v) is 11.8. The topological polar surface area (TPSA) is 65.6 Å². The molecule has 2 aliphatic rings. The fraction of sp³-hybridized carbons (Fsp3) is 0.643. The van der Waals surface area contributed by atoms with Crippen LogP contribution >= 0.6 is 11.3 Å². The molecule has 1 fully saturated rings. The Labute approximate surface area is 213 Å². The van der Waals surface area contributed by atoms with E-state index in [9.17, 15) is 9.59 Å². The molecule has 6 nitrogen and oxygen atoms in total. The second kappa shape index (κ2) is 11.0. The Bertz CT molecular complexity index is 1110. The lowest BCUT2D eigenvalue weighted by molar-refractivity contribution is 0.0727. The number of thiophene rings is 1. The third kappa shape index (κ3) is 5.42. The highest BCUT2D eigenvalue weighted by atomic mass is 32.1. The number of fused-ring (bicyclic) bond motifs is 1. The number of H-pyrrole nitrogens is 1. The van der Waals surface area contributed by atoms with Crippen molar-refractivity contribution in [3.05, 3.63) is 54.1 Å². The third-order valence-corrected chi connectivity index (χ3v) is 9.90. The Hall–Kier alpha value is -1.96. The Kier molecular flexibility index (Phi) is 8.19. The molecular formula is C28H41N3O3S. The van der Waals surface area contributed by atoms with Crippen LogP contribution in [-0.4, -0.2) is 60.6 Å². The second-order valence-electron chi connectivity index (χ2n) is 10.6. The van der Waals surface area contributed by atoms with E-state index in [4.69, 9.17) is 4.74 Å². The first-order chi connectivity index (χ1) is 16.7. The van der Waals surface area contributed by atoms with Gasteiger partial charge in [-0.1, -0.05) is 6.92 Å². The van der Waals surface area contributed by atoms with Gasteiger partial charge in [-0.3, -0.25) is 9.59 Å². The Balaban J connectivity index is 1.46. The van der Waals surface area contributed by atoms with Crippen molar-refractivity contribution in [2.45, 2.75) is 78.3 Å². The van der Waals surface area contributed by atoms with Gasteiger partial charge in [0.05, 0.1) is 18.7 Å². The molecule has 1 aliphatic carbocycles. The van der Waals surface area contributed by atoms with Gasteiger partial charge in [0.2, 0.25) is 0 Å². The van der Waals surface area contributed by atoms with Crippen LogP contribution in [0.3, 0.4) is 0 Å². The van der Waals surface area contributed by atoms with Gasteiger partial charge in [-0.15, -0.1) is 11.3 Å². The van der Waals surface area contributed by atoms with Gasteiger partial charge in [0, 0.05) is 53.7 Å². The average Bonchev–Trinajstić information content (AvgIpc) is 3.17. The number of nitrogens with zero attached hydrogens (tertiary/aromatic N) is 2. The molecule has 1 saturated carbocycles. The number of pyridine rings is 1. The van der Waals surface area contributed by atoms with Crippen LogP contribution in [0.4, 0.5) is 0 Å². The molecular weight excluding hydrogens is 458 g/mol. The molecule has 1 N–H and O–H groups in total. The first-order valence-electron chi connectivity index (χ1n) is 13.0. The van der Waals surface area contributed by atoms with Crippen LogP contribution in [0.2, 0.25) is 0 Å². The smallest absolute Gasteiger partial charge is 0.255 e. The maximum atomic E-state index is 13.6. The summed E-state index contributed by atoms with van der Waals surface area (Å²) < 4.78 is 5.25. The third-order valence-electron chi connectivity index (χ3n) is 8.34. The molecule has 0 bridgehead atoms. The number of amides is 1. The van der Waals surface area contributed by atoms with E-state index in [1.54, 1.807) is 7.11 Å². The zero-order valence-corrected chi connectivity index (χ0v) is 23.0. The number of methoxy groups -OCH3 is 1. The van der Waals surface area contributed by atoms with Gasteiger partial charge in [0.15, 0.2) is 0 Å². The minimum absolute atomic E-state index is 0.0825. The van der Waals surface area contributed by atoms with Gasteiger partial charge in [0.1, 0.15) is 0 Å². The van der Waals surface area contributed by atoms with Crippen LogP contribution in [0.5, 0.6) is 0 Å². The minimum Gasteiger partial charge on any atom is -0.383 e. The number of likely N-dealkylation sites (N-methyl/N-ethyl adjacent to an activating group) is 1. The van der Waals surface area contributed by atoms with Crippen LogP contribution in [0, 0.1) is 26.7 Å². The van der Waals surface area contributed by atoms with Crippen LogP contribution in [0.25, 0.3) is 0 Å². The van der Waals surface area contributed by atoms with E-state index < -0.39 is 0 Å². The summed E-state index contributed by atoms with van der Waals surface area (Å²) in [4.78, 5) is 35.9. The standard InChI is InChI=1S/C28H41N3O3S/c1-17-15-18(2)29-27(32)23(17)16-31-12-11-24-25(28(31)33)20(4)26(35-24)19(3)21-7-9-22(10-8-21)30(5)13-14-34-6/h15,19,21-22H,7-14,16H2,1-6H3,(H,29,32). The number of aromatic amines is 1. The van der Waals surface area contributed by atoms with Gasteiger partial charge in [-0.2, -0.15) is 0 Å². The van der Waals surface area contributed by atoms with Crippen LogP contribution in [0.1, 0.15) is 81.0 Å². The number of hydrogen-bond donors (Lipinski definition) is 1. The van der Waals surface area contributed by atoms with Crippen LogP contribution in [-0.2, 0) is 17.7 Å². The van der Waals surface area contributed by atoms with E-state index in [0.29, 0.717) is 36.5 Å². The first kappa shape index (κ1) is 26.1. The maximum absolute atomic E-state index is 13.6. The lowest BCUT2D eigenvalue weighted by Gasteiger charge is -2.36. The monoisotopic (exact) mass is 499 g/mol. The zero-order valence-electron chi connectivity index (χ0n) is 22.2. The van der Waals surface area contributed by atoms with Crippen molar-refractivity contribution >= 4 is 17.2 Å². The number of aryl methyl sites for hydroxylation is 2. The van der Waals surface area contributed by atoms with Gasteiger partial charge in [-0.25, -0.2) is 0 Å². The largest absolute Gasteiger partial charge is 0.383 e. The number of nitrogens with one attached hydrogen (secondary N) is 1. The SMILES string of the molecule is COCCN(C)C1CCC(C(C)c2sc3c(c2C)C(=O)N(Cc2c(C)cc(C)[nH]c2=O)CC3)CC1. The molecule has 1 amide bonds. The number of hydrogen-bond acceptors (Lipinski definition) is 5. The van der Waals surface area contributed by atoms with Gasteiger partial charge < -0.3 is 19.5 Å². The van der Waals surface area contributed by atoms with Crippen LogP contribution < -0.4 is 5.56 Å². The van der Waals surface area contributed by atoms with Gasteiger partial charge in [-0.05, 0) is 82.5 Å². The summed E-state index contributed by atoms with van der Waals surface area (Å²) in [5, 5.41) is 0. The molecule has 0 radical (unpaired) electrons. The lowest BCUT2D eigenvalue weighted by atomic mass is 9.77. The van der Waals surface area contributed by atoms with E-state index in [0.717, 1.165) is 36.4 Å². The highest BCUT2D eigenvalue weighted by molar-refractivity contribution is 7.12. The van der Waals surface area contributed by atoms with E-state index in [-0.39, 0.29) is 11.5 Å². The quantitative estimate of drug-likeness (QED) is 0.567. The van der Waals surface area contributed by atoms with E-state index in [1.807, 2.05) is 36.2 Å². The highest BCUT2D eigenvalue weighted by Crippen LogP contribution is 2.43. The number of carbonyl (C=O) groups excluding carboxylic acids is 1. The fourth-order valence-corrected chi connectivity index (χ4v) is 7.51. The summed E-state index contributed by atoms with van der Waals surface area (Å²) in [7, 11) is 3.98. The molecule has 4 rings (SSSR count). The van der Waals surface area contributed by atoms with E-state index >= 15 is 0 Å². The normalized spacial score (nSPS) is 21.5. The average molecular weight is 500 g/mol. The molecule has 0 aromatic carbocycles. The summed E-state index contributed by atoms with van der Waals surface area (Å²) in [6.07, 6.45) is 5.81. The highest BCUT2D eigenvalue weighted by Gasteiger charge is 2.34. The number of rotatable bonds is 8. The zero-order chi connectivity index (χ0) is 25.3. The van der Waals surface area contributed by atoms with Crippen molar-refractivity contribution in [2.75, 3.05) is 33.9 Å². The lowest BCUT2D eigenvalue weighted by Crippen LogP contribution is -2.38. The van der Waals surface area contributed by atoms with E-state index in [2.05, 4.69) is 30.8 Å². The predicted octanol–water partition coefficient (Wildman–Crippen LogP) is 4.80. The van der Waals surface area contributed by atoms with E-state index in [1.165, 1.54) is 41.0 Å². The molecule has 7 heteroatoms. The molecule has 2 aromatic rings. The first-order valence-corrected chi connectivity index (χ1v) is 13.8. The molecule has 192 valence electrons. The Morgan fingerprint density at radius 3 is 2.57 bits per heavy atom. The summed E-state index contributed by atoms with van der Waals surface area (Å²) in [5.41, 5.74) is 4.48. The molecule has 35 heavy (non-hydrogen) atoms. The molecule has 3 heterocycles. The summed E-state index contributed by atoms with van der Waals surface area (Å²) in [5.74, 6) is 1.22. The Morgan fingerprint density at radius 1 is 1.20 bits per heavy atom. The number of carbonyl (C=O) groups is 1. The summed E-state index contributed by atoms with van der Waals surface area (Å²) in [6, 6.07) is 2.63. The molecule has 1 aliphatic heterocycles. The van der Waals surface area contributed by atoms with Crippen molar-refractivity contribution < 1.29 is 9.53 Å². The molecule has 2 aromatic heterocycles. The molecule has 1 atom stereocenters. The molecule has 0 saturated heterocycles. The van der Waals surface area contributed by atoms with Crippen LogP contribution in [0.15, 0.2) is 10.9 Å². The minimum atomic E-state index is -0.0825. The Morgan fingerprint density at radius 2 is 1.91 bits per heavy atom. The molecule has 1 unspecified atom stereocenters. The number of ether oxygens (including phenoxy) is 1. The summed E-state index contributed by atoms with van der Waals surface area (Å²) >= 11 is 1.86. The summed E-state index contributed by atoms with van der Waals surface area (Å²) in [6.45, 7) is 11.2. The van der Waals surface area contributed by atoms with Crippen molar-refractivity contribution in [1.82, 2.24) is 14.8 Å². The predicted molar refractivity (Wildman–Crippen MR) is 143 cm³/mol. The van der Waals surface area contributed by atoms with Crippen molar-refractivity contribution in [1.29, 1.82) is 0 Å². The van der Waals surface area contributed by atoms with Gasteiger partial charge in [0.25, 0.3) is 11.5 Å². The molecule has 0 spiro atoms. The maximum Gasteiger partial charge on any atom is 0.255 e.